The Labute approximate surface area is 115 Å². The Morgan fingerprint density at radius 2 is 2.11 bits per heavy atom. The van der Waals surface area contributed by atoms with E-state index in [1.165, 1.54) is 25.7 Å². The van der Waals surface area contributed by atoms with Gasteiger partial charge in [-0.25, -0.2) is 4.79 Å². The van der Waals surface area contributed by atoms with Gasteiger partial charge in [0.15, 0.2) is 0 Å². The minimum atomic E-state index is -0.240. The van der Waals surface area contributed by atoms with Gasteiger partial charge in [0.2, 0.25) is 0 Å². The number of anilines is 1. The van der Waals surface area contributed by atoms with Gasteiger partial charge in [-0.15, -0.1) is 0 Å². The lowest BCUT2D eigenvalue weighted by Gasteiger charge is -2.17. The molecule has 1 aromatic carbocycles. The molecule has 0 bridgehead atoms. The van der Waals surface area contributed by atoms with Crippen LogP contribution in [-0.4, -0.2) is 18.6 Å². The van der Waals surface area contributed by atoms with Gasteiger partial charge in [0.1, 0.15) is 0 Å². The van der Waals surface area contributed by atoms with E-state index >= 15 is 0 Å². The number of hydrogen-bond acceptors (Lipinski definition) is 3. The fourth-order valence-electron chi connectivity index (χ4n) is 2.79. The first-order chi connectivity index (χ1) is 9.24. The standard InChI is InChI=1S/C16H23NO2/c1-3-12-9-10-13(11-12)17-15-8-6-5-7-14(15)16(18)19-4-2/h5-8,12-13,17H,3-4,9-11H2,1-2H3. The van der Waals surface area contributed by atoms with Gasteiger partial charge in [-0.1, -0.05) is 25.5 Å². The molecule has 0 radical (unpaired) electrons. The average molecular weight is 261 g/mol. The van der Waals surface area contributed by atoms with Gasteiger partial charge in [-0.05, 0) is 44.2 Å². The van der Waals surface area contributed by atoms with Gasteiger partial charge in [0, 0.05) is 11.7 Å². The number of nitrogens with one attached hydrogen (secondary N) is 1. The van der Waals surface area contributed by atoms with E-state index in [4.69, 9.17) is 4.74 Å². The van der Waals surface area contributed by atoms with Crippen LogP contribution >= 0.6 is 0 Å². The summed E-state index contributed by atoms with van der Waals surface area (Å²) in [6.07, 6.45) is 4.93. The van der Waals surface area contributed by atoms with Gasteiger partial charge >= 0.3 is 5.97 Å². The molecule has 0 heterocycles. The number of para-hydroxylation sites is 1. The first kappa shape index (κ1) is 13.9. The Morgan fingerprint density at radius 1 is 1.32 bits per heavy atom. The molecule has 0 aliphatic heterocycles. The first-order valence-electron chi connectivity index (χ1n) is 7.27. The third-order valence-corrected chi connectivity index (χ3v) is 3.90. The van der Waals surface area contributed by atoms with Crippen molar-refractivity contribution >= 4 is 11.7 Å². The second-order valence-electron chi connectivity index (χ2n) is 5.19. The summed E-state index contributed by atoms with van der Waals surface area (Å²) in [5.74, 6) is 0.586. The SMILES string of the molecule is CCOC(=O)c1ccccc1NC1CCC(CC)C1. The van der Waals surface area contributed by atoms with E-state index in [0.717, 1.165) is 11.6 Å². The summed E-state index contributed by atoms with van der Waals surface area (Å²) < 4.78 is 5.10. The molecular formula is C16H23NO2. The van der Waals surface area contributed by atoms with Crippen LogP contribution in [0.5, 0.6) is 0 Å². The lowest BCUT2D eigenvalue weighted by molar-refractivity contribution is 0.0527. The topological polar surface area (TPSA) is 38.3 Å². The van der Waals surface area contributed by atoms with Crippen LogP contribution in [0.4, 0.5) is 5.69 Å². The maximum atomic E-state index is 11.9. The van der Waals surface area contributed by atoms with Crippen molar-refractivity contribution in [1.29, 1.82) is 0 Å². The van der Waals surface area contributed by atoms with Crippen molar-refractivity contribution < 1.29 is 9.53 Å². The second-order valence-corrected chi connectivity index (χ2v) is 5.19. The van der Waals surface area contributed by atoms with E-state index in [0.29, 0.717) is 18.2 Å². The summed E-state index contributed by atoms with van der Waals surface area (Å²) in [4.78, 5) is 11.9. The van der Waals surface area contributed by atoms with Crippen molar-refractivity contribution in [2.24, 2.45) is 5.92 Å². The van der Waals surface area contributed by atoms with Crippen molar-refractivity contribution in [1.82, 2.24) is 0 Å². The highest BCUT2D eigenvalue weighted by Crippen LogP contribution is 2.31. The third-order valence-electron chi connectivity index (χ3n) is 3.90. The van der Waals surface area contributed by atoms with E-state index in [9.17, 15) is 4.79 Å². The predicted octanol–water partition coefficient (Wildman–Crippen LogP) is 3.85. The number of carbonyl (C=O) groups excluding carboxylic acids is 1. The lowest BCUT2D eigenvalue weighted by Crippen LogP contribution is -2.18. The normalized spacial score (nSPS) is 22.2. The molecule has 1 aliphatic rings. The highest BCUT2D eigenvalue weighted by atomic mass is 16.5. The fraction of sp³-hybridized carbons (Fsp3) is 0.562. The van der Waals surface area contributed by atoms with E-state index in [1.807, 2.05) is 31.2 Å². The minimum absolute atomic E-state index is 0.240. The van der Waals surface area contributed by atoms with Crippen LogP contribution in [-0.2, 0) is 4.74 Å². The Morgan fingerprint density at radius 3 is 2.79 bits per heavy atom. The van der Waals surface area contributed by atoms with Crippen LogP contribution < -0.4 is 5.32 Å². The fourth-order valence-corrected chi connectivity index (χ4v) is 2.79. The maximum Gasteiger partial charge on any atom is 0.340 e. The first-order valence-corrected chi connectivity index (χ1v) is 7.27. The summed E-state index contributed by atoms with van der Waals surface area (Å²) in [6, 6.07) is 8.11. The Bertz CT molecular complexity index is 431. The molecule has 3 heteroatoms. The maximum absolute atomic E-state index is 11.9. The summed E-state index contributed by atoms with van der Waals surface area (Å²) >= 11 is 0. The lowest BCUT2D eigenvalue weighted by atomic mass is 10.1. The van der Waals surface area contributed by atoms with Crippen LogP contribution in [0.15, 0.2) is 24.3 Å². The smallest absolute Gasteiger partial charge is 0.340 e. The number of benzene rings is 1. The molecule has 0 aromatic heterocycles. The summed E-state index contributed by atoms with van der Waals surface area (Å²) in [7, 11) is 0. The molecule has 1 N–H and O–H groups in total. The van der Waals surface area contributed by atoms with Crippen molar-refractivity contribution in [3.05, 3.63) is 29.8 Å². The molecule has 1 saturated carbocycles. The number of ether oxygens (including phenoxy) is 1. The zero-order chi connectivity index (χ0) is 13.7. The quantitative estimate of drug-likeness (QED) is 0.818. The molecular weight excluding hydrogens is 238 g/mol. The van der Waals surface area contributed by atoms with E-state index in [-0.39, 0.29) is 5.97 Å². The zero-order valence-corrected chi connectivity index (χ0v) is 11.8. The van der Waals surface area contributed by atoms with Gasteiger partial charge in [0.05, 0.1) is 12.2 Å². The second kappa shape index (κ2) is 6.60. The molecule has 0 spiro atoms. The van der Waals surface area contributed by atoms with Crippen molar-refractivity contribution in [3.8, 4) is 0 Å². The molecule has 104 valence electrons. The zero-order valence-electron chi connectivity index (χ0n) is 11.8. The van der Waals surface area contributed by atoms with E-state index in [1.54, 1.807) is 0 Å². The molecule has 2 atom stereocenters. The van der Waals surface area contributed by atoms with Crippen LogP contribution in [0.3, 0.4) is 0 Å². The third kappa shape index (κ3) is 3.49. The van der Waals surface area contributed by atoms with Crippen molar-refractivity contribution in [3.63, 3.8) is 0 Å². The summed E-state index contributed by atoms with van der Waals surface area (Å²) in [6.45, 7) is 4.49. The largest absolute Gasteiger partial charge is 0.462 e. The minimum Gasteiger partial charge on any atom is -0.462 e. The molecule has 2 rings (SSSR count). The summed E-state index contributed by atoms with van der Waals surface area (Å²) in [5, 5.41) is 3.51. The number of carbonyl (C=O) groups is 1. The van der Waals surface area contributed by atoms with E-state index in [2.05, 4.69) is 12.2 Å². The van der Waals surface area contributed by atoms with Gasteiger partial charge in [-0.3, -0.25) is 0 Å². The highest BCUT2D eigenvalue weighted by Gasteiger charge is 2.24. The molecule has 2 unspecified atom stereocenters. The number of hydrogen-bond donors (Lipinski definition) is 1. The van der Waals surface area contributed by atoms with Crippen LogP contribution in [0.25, 0.3) is 0 Å². The van der Waals surface area contributed by atoms with Crippen LogP contribution in [0.1, 0.15) is 49.9 Å². The molecule has 1 aromatic rings. The molecule has 0 amide bonds. The molecule has 19 heavy (non-hydrogen) atoms. The van der Waals surface area contributed by atoms with Gasteiger partial charge in [-0.2, -0.15) is 0 Å². The predicted molar refractivity (Wildman–Crippen MR) is 77.4 cm³/mol. The molecule has 3 nitrogen and oxygen atoms in total. The van der Waals surface area contributed by atoms with Crippen LogP contribution in [0.2, 0.25) is 0 Å². The molecule has 1 aliphatic carbocycles. The monoisotopic (exact) mass is 261 g/mol. The van der Waals surface area contributed by atoms with Crippen LogP contribution in [0, 0.1) is 5.92 Å². The highest BCUT2D eigenvalue weighted by molar-refractivity contribution is 5.95. The molecule has 1 fully saturated rings. The Hall–Kier alpha value is -1.51. The molecule has 0 saturated heterocycles. The number of rotatable bonds is 5. The average Bonchev–Trinajstić information content (AvgIpc) is 2.87. The summed E-state index contributed by atoms with van der Waals surface area (Å²) in [5.41, 5.74) is 1.55. The number of esters is 1. The van der Waals surface area contributed by atoms with Crippen molar-refractivity contribution in [2.45, 2.75) is 45.6 Å². The Balaban J connectivity index is 2.06. The van der Waals surface area contributed by atoms with E-state index < -0.39 is 0 Å². The van der Waals surface area contributed by atoms with Gasteiger partial charge in [0.25, 0.3) is 0 Å². The Kier molecular flexibility index (Phi) is 4.83. The van der Waals surface area contributed by atoms with Crippen molar-refractivity contribution in [2.75, 3.05) is 11.9 Å². The van der Waals surface area contributed by atoms with Gasteiger partial charge < -0.3 is 10.1 Å².